The molecule has 30 heavy (non-hydrogen) atoms. The van der Waals surface area contributed by atoms with Gasteiger partial charge in [-0.15, -0.1) is 0 Å². The van der Waals surface area contributed by atoms with Crippen LogP contribution in [0.3, 0.4) is 0 Å². The summed E-state index contributed by atoms with van der Waals surface area (Å²) in [6.07, 6.45) is 11.9. The normalized spacial score (nSPS) is 35.1. The smallest absolute Gasteiger partial charge is 0.193 e. The molecule has 0 spiro atoms. The molecule has 0 saturated heterocycles. The zero-order valence-corrected chi connectivity index (χ0v) is 18.2. The number of rotatable bonds is 4. The Bertz CT molecular complexity index is 972. The molecule has 0 radical (unpaired) electrons. The quantitative estimate of drug-likeness (QED) is 0.358. The molecule has 6 rings (SSSR count). The molecule has 4 aliphatic rings. The molecule has 2 aromatic rings. The standard InChI is InChI=1S/C27H33N3/c1-25-14-21-15-26(2,17-25)19-27(16-21,18-25)30-24(28)29-23-11-7-6-10-22(23)13-12-20-8-4-3-5-9-20/h3-13,21H,14-19H2,1-2H3,(H3,28,29,30)/b13-12+/t21?,25-,26+,27?. The summed E-state index contributed by atoms with van der Waals surface area (Å²) in [5.41, 5.74) is 10.7. The van der Waals surface area contributed by atoms with Gasteiger partial charge in [-0.05, 0) is 72.5 Å². The Morgan fingerprint density at radius 3 is 2.27 bits per heavy atom. The van der Waals surface area contributed by atoms with Crippen molar-refractivity contribution in [2.75, 3.05) is 5.32 Å². The number of anilines is 1. The second-order valence-electron chi connectivity index (χ2n) is 10.8. The zero-order chi connectivity index (χ0) is 20.8. The van der Waals surface area contributed by atoms with E-state index >= 15 is 0 Å². The van der Waals surface area contributed by atoms with Gasteiger partial charge >= 0.3 is 0 Å². The van der Waals surface area contributed by atoms with E-state index in [4.69, 9.17) is 10.7 Å². The predicted octanol–water partition coefficient (Wildman–Crippen LogP) is 6.33. The van der Waals surface area contributed by atoms with Crippen LogP contribution in [0, 0.1) is 16.7 Å². The van der Waals surface area contributed by atoms with E-state index in [1.165, 1.54) is 44.1 Å². The summed E-state index contributed by atoms with van der Waals surface area (Å²) in [4.78, 5) is 5.17. The van der Waals surface area contributed by atoms with Crippen LogP contribution < -0.4 is 11.1 Å². The third kappa shape index (κ3) is 3.78. The van der Waals surface area contributed by atoms with Crippen molar-refractivity contribution in [2.45, 2.75) is 57.9 Å². The zero-order valence-electron chi connectivity index (χ0n) is 18.2. The maximum atomic E-state index is 6.50. The van der Waals surface area contributed by atoms with Gasteiger partial charge in [0.15, 0.2) is 5.96 Å². The number of nitrogens with zero attached hydrogens (tertiary/aromatic N) is 1. The Hall–Kier alpha value is -2.55. The first-order chi connectivity index (χ1) is 14.3. The fraction of sp³-hybridized carbons (Fsp3) is 0.444. The number of guanidine groups is 1. The molecule has 2 unspecified atom stereocenters. The minimum absolute atomic E-state index is 0.0226. The van der Waals surface area contributed by atoms with Gasteiger partial charge in [0.2, 0.25) is 0 Å². The van der Waals surface area contributed by atoms with Crippen LogP contribution in [0.5, 0.6) is 0 Å². The lowest BCUT2D eigenvalue weighted by molar-refractivity contribution is -0.104. The number of benzene rings is 2. The summed E-state index contributed by atoms with van der Waals surface area (Å²) in [6, 6.07) is 18.7. The average molecular weight is 400 g/mol. The summed E-state index contributed by atoms with van der Waals surface area (Å²) >= 11 is 0. The molecule has 2 aromatic carbocycles. The molecule has 3 nitrogen and oxygen atoms in total. The molecule has 156 valence electrons. The highest BCUT2D eigenvalue weighted by Gasteiger charge is 2.60. The van der Waals surface area contributed by atoms with Crippen LogP contribution in [0.2, 0.25) is 0 Å². The highest BCUT2D eigenvalue weighted by atomic mass is 15.1. The second kappa shape index (κ2) is 7.01. The van der Waals surface area contributed by atoms with Gasteiger partial charge in [-0.25, -0.2) is 4.99 Å². The number of nitrogens with two attached hydrogens (primary N) is 1. The topological polar surface area (TPSA) is 50.4 Å². The van der Waals surface area contributed by atoms with Crippen molar-refractivity contribution in [2.24, 2.45) is 27.5 Å². The number of hydrogen-bond donors (Lipinski definition) is 2. The maximum absolute atomic E-state index is 6.50. The number of aliphatic imine (C=N–C) groups is 1. The lowest BCUT2D eigenvalue weighted by atomic mass is 9.43. The van der Waals surface area contributed by atoms with Crippen molar-refractivity contribution in [3.63, 3.8) is 0 Å². The van der Waals surface area contributed by atoms with Gasteiger partial charge in [0, 0.05) is 5.69 Å². The van der Waals surface area contributed by atoms with Crippen molar-refractivity contribution in [3.05, 3.63) is 65.7 Å². The summed E-state index contributed by atoms with van der Waals surface area (Å²) in [6.45, 7) is 4.96. The summed E-state index contributed by atoms with van der Waals surface area (Å²) in [5, 5.41) is 3.42. The average Bonchev–Trinajstić information content (AvgIpc) is 2.64. The van der Waals surface area contributed by atoms with Gasteiger partial charge in [0.05, 0.1) is 5.54 Å². The Labute approximate surface area is 180 Å². The van der Waals surface area contributed by atoms with Gasteiger partial charge in [0.25, 0.3) is 0 Å². The van der Waals surface area contributed by atoms with E-state index in [0.717, 1.165) is 17.2 Å². The predicted molar refractivity (Wildman–Crippen MR) is 127 cm³/mol. The van der Waals surface area contributed by atoms with Gasteiger partial charge in [-0.2, -0.15) is 0 Å². The molecule has 3 N–H and O–H groups in total. The van der Waals surface area contributed by atoms with E-state index in [1.54, 1.807) is 0 Å². The largest absolute Gasteiger partial charge is 0.370 e. The van der Waals surface area contributed by atoms with Crippen molar-refractivity contribution >= 4 is 23.8 Å². The van der Waals surface area contributed by atoms with E-state index in [0.29, 0.717) is 16.8 Å². The Balaban J connectivity index is 1.38. The third-order valence-corrected chi connectivity index (χ3v) is 7.43. The lowest BCUT2D eigenvalue weighted by Crippen LogP contribution is -2.58. The SMILES string of the molecule is C[C@]12CC3CC(N=C(N)Nc4ccccc4/C=C/c4ccccc4)(C1)C[C@@](C)(C3)C2. The van der Waals surface area contributed by atoms with Crippen LogP contribution >= 0.6 is 0 Å². The van der Waals surface area contributed by atoms with Crippen LogP contribution in [0.1, 0.15) is 63.5 Å². The van der Waals surface area contributed by atoms with Crippen molar-refractivity contribution in [1.29, 1.82) is 0 Å². The second-order valence-corrected chi connectivity index (χ2v) is 10.8. The van der Waals surface area contributed by atoms with Gasteiger partial charge in [-0.1, -0.05) is 74.5 Å². The molecule has 0 heterocycles. The van der Waals surface area contributed by atoms with E-state index in [9.17, 15) is 0 Å². The Morgan fingerprint density at radius 2 is 1.57 bits per heavy atom. The molecule has 4 saturated carbocycles. The van der Waals surface area contributed by atoms with Crippen molar-refractivity contribution < 1.29 is 0 Å². The van der Waals surface area contributed by atoms with Crippen molar-refractivity contribution in [3.8, 4) is 0 Å². The molecule has 4 aliphatic carbocycles. The lowest BCUT2D eigenvalue weighted by Gasteiger charge is -2.64. The highest BCUT2D eigenvalue weighted by molar-refractivity contribution is 5.95. The summed E-state index contributed by atoms with van der Waals surface area (Å²) in [5.74, 6) is 1.37. The van der Waals surface area contributed by atoms with Crippen LogP contribution in [-0.4, -0.2) is 11.5 Å². The van der Waals surface area contributed by atoms with Gasteiger partial charge in [0.1, 0.15) is 0 Å². The monoisotopic (exact) mass is 399 g/mol. The van der Waals surface area contributed by atoms with E-state index in [1.807, 2.05) is 12.1 Å². The molecule has 0 aliphatic heterocycles. The number of para-hydroxylation sites is 1. The molecule has 4 bridgehead atoms. The maximum Gasteiger partial charge on any atom is 0.193 e. The molecule has 4 atom stereocenters. The fourth-order valence-corrected chi connectivity index (χ4v) is 7.44. The third-order valence-electron chi connectivity index (χ3n) is 7.43. The molecule has 4 fully saturated rings. The number of nitrogens with one attached hydrogen (secondary N) is 1. The molecular formula is C27H33N3. The number of hydrogen-bond acceptors (Lipinski definition) is 1. The summed E-state index contributed by atoms with van der Waals surface area (Å²) in [7, 11) is 0. The first kappa shape index (κ1) is 19.4. The Kier molecular flexibility index (Phi) is 4.53. The minimum Gasteiger partial charge on any atom is -0.370 e. The van der Waals surface area contributed by atoms with Gasteiger partial charge in [-0.3, -0.25) is 0 Å². The van der Waals surface area contributed by atoms with E-state index in [2.05, 4.69) is 73.8 Å². The first-order valence-corrected chi connectivity index (χ1v) is 11.3. The van der Waals surface area contributed by atoms with Crippen LogP contribution in [-0.2, 0) is 0 Å². The van der Waals surface area contributed by atoms with Crippen LogP contribution in [0.25, 0.3) is 12.2 Å². The molecule has 0 amide bonds. The van der Waals surface area contributed by atoms with Crippen molar-refractivity contribution in [1.82, 2.24) is 0 Å². The highest BCUT2D eigenvalue weighted by Crippen LogP contribution is 2.67. The Morgan fingerprint density at radius 1 is 0.900 bits per heavy atom. The molecular weight excluding hydrogens is 366 g/mol. The minimum atomic E-state index is 0.0226. The molecule has 3 heteroatoms. The molecule has 0 aromatic heterocycles. The first-order valence-electron chi connectivity index (χ1n) is 11.3. The van der Waals surface area contributed by atoms with E-state index < -0.39 is 0 Å². The summed E-state index contributed by atoms with van der Waals surface area (Å²) < 4.78 is 0. The van der Waals surface area contributed by atoms with E-state index in [-0.39, 0.29) is 5.54 Å². The van der Waals surface area contributed by atoms with Crippen LogP contribution in [0.4, 0.5) is 5.69 Å². The van der Waals surface area contributed by atoms with Crippen LogP contribution in [0.15, 0.2) is 59.6 Å². The van der Waals surface area contributed by atoms with Gasteiger partial charge < -0.3 is 11.1 Å². The fourth-order valence-electron chi connectivity index (χ4n) is 7.44.